The molecule has 29 heavy (non-hydrogen) atoms. The van der Waals surface area contributed by atoms with Crippen molar-refractivity contribution in [2.75, 3.05) is 26.4 Å². The third-order valence-electron chi connectivity index (χ3n) is 7.02. The zero-order valence-electron chi connectivity index (χ0n) is 17.3. The van der Waals surface area contributed by atoms with Gasteiger partial charge in [0.05, 0.1) is 10.3 Å². The molecule has 0 amide bonds. The van der Waals surface area contributed by atoms with Gasteiger partial charge in [-0.2, -0.15) is 0 Å². The second kappa shape index (κ2) is 7.19. The lowest BCUT2D eigenvalue weighted by molar-refractivity contribution is -0.0713. The smallest absolute Gasteiger partial charge is 0.0938 e. The molecular weight excluding hydrogens is 376 g/mol. The van der Waals surface area contributed by atoms with Crippen LogP contribution in [0.25, 0.3) is 10.9 Å². The van der Waals surface area contributed by atoms with E-state index in [0.717, 1.165) is 43.5 Å². The molecule has 1 fully saturated rings. The number of benzene rings is 2. The summed E-state index contributed by atoms with van der Waals surface area (Å²) in [6, 6.07) is 19.1. The molecule has 2 N–H and O–H groups in total. The fraction of sp³-hybridized carbons (Fsp3) is 0.440. The monoisotopic (exact) mass is 406 g/mol. The van der Waals surface area contributed by atoms with Crippen LogP contribution in [0.15, 0.2) is 54.6 Å². The standard InChI is InChI=1S/C25H30N2OS/c1-27(2)17-19-16-24(13-14-25(19,28)18-8-4-3-5-9-18)23-21(12-15-29-24)20-10-6-7-11-22(20)26-23/h3-11,19,26,28H,12-17H2,1-2H3. The molecule has 0 radical (unpaired) electrons. The highest BCUT2D eigenvalue weighted by atomic mass is 32.2. The Balaban J connectivity index is 1.58. The van der Waals surface area contributed by atoms with Gasteiger partial charge in [-0.05, 0) is 62.7 Å². The summed E-state index contributed by atoms with van der Waals surface area (Å²) >= 11 is 2.11. The summed E-state index contributed by atoms with van der Waals surface area (Å²) in [5.41, 5.74) is 4.50. The van der Waals surface area contributed by atoms with Crippen molar-refractivity contribution in [3.63, 3.8) is 0 Å². The van der Waals surface area contributed by atoms with Gasteiger partial charge in [-0.15, -0.1) is 11.8 Å². The van der Waals surface area contributed by atoms with Crippen molar-refractivity contribution in [3.8, 4) is 0 Å². The molecule has 2 aromatic carbocycles. The van der Waals surface area contributed by atoms with Crippen LogP contribution in [0.4, 0.5) is 0 Å². The molecule has 4 heteroatoms. The first-order chi connectivity index (χ1) is 14.0. The van der Waals surface area contributed by atoms with Crippen LogP contribution >= 0.6 is 11.8 Å². The lowest BCUT2D eigenvalue weighted by Crippen LogP contribution is -2.49. The lowest BCUT2D eigenvalue weighted by atomic mass is 9.66. The minimum atomic E-state index is -0.763. The number of hydrogen-bond donors (Lipinski definition) is 2. The van der Waals surface area contributed by atoms with E-state index in [2.05, 4.69) is 84.3 Å². The van der Waals surface area contributed by atoms with Gasteiger partial charge in [0.15, 0.2) is 0 Å². The maximum absolute atomic E-state index is 11.9. The summed E-state index contributed by atoms with van der Waals surface area (Å²) in [5.74, 6) is 1.35. The SMILES string of the molecule is CN(C)CC1CC2(CCC1(O)c1ccccc1)SCCc1c2[nH]c2ccccc12. The molecular formula is C25H30N2OS. The molecule has 0 saturated heterocycles. The average Bonchev–Trinajstić information content (AvgIpc) is 3.12. The van der Waals surface area contributed by atoms with E-state index in [0.29, 0.717) is 0 Å². The maximum atomic E-state index is 11.9. The van der Waals surface area contributed by atoms with Crippen molar-refractivity contribution >= 4 is 22.7 Å². The minimum Gasteiger partial charge on any atom is -0.385 e. The van der Waals surface area contributed by atoms with E-state index in [-0.39, 0.29) is 10.7 Å². The third kappa shape index (κ3) is 3.13. The van der Waals surface area contributed by atoms with Crippen LogP contribution in [0, 0.1) is 5.92 Å². The Hall–Kier alpha value is -1.75. The van der Waals surface area contributed by atoms with Crippen molar-refractivity contribution in [3.05, 3.63) is 71.4 Å². The predicted octanol–water partition coefficient (Wildman–Crippen LogP) is 4.90. The summed E-state index contributed by atoms with van der Waals surface area (Å²) in [5, 5.41) is 13.3. The Morgan fingerprint density at radius 1 is 1.07 bits per heavy atom. The van der Waals surface area contributed by atoms with Crippen LogP contribution in [0.5, 0.6) is 0 Å². The topological polar surface area (TPSA) is 39.3 Å². The molecule has 2 aliphatic rings. The van der Waals surface area contributed by atoms with E-state index in [4.69, 9.17) is 0 Å². The van der Waals surface area contributed by atoms with Crippen molar-refractivity contribution < 1.29 is 5.11 Å². The fourth-order valence-electron chi connectivity index (χ4n) is 5.66. The fourth-order valence-corrected chi connectivity index (χ4v) is 7.24. The van der Waals surface area contributed by atoms with E-state index in [1.165, 1.54) is 22.2 Å². The van der Waals surface area contributed by atoms with E-state index in [9.17, 15) is 5.11 Å². The number of aliphatic hydroxyl groups is 1. The summed E-state index contributed by atoms with van der Waals surface area (Å²) in [7, 11) is 4.24. The number of para-hydroxylation sites is 1. The van der Waals surface area contributed by atoms with Crippen LogP contribution in [-0.2, 0) is 16.8 Å². The van der Waals surface area contributed by atoms with Gasteiger partial charge in [0.2, 0.25) is 0 Å². The zero-order chi connectivity index (χ0) is 20.1. The molecule has 3 atom stereocenters. The molecule has 5 rings (SSSR count). The van der Waals surface area contributed by atoms with Crippen LogP contribution in [0.1, 0.15) is 36.1 Å². The number of aromatic nitrogens is 1. The van der Waals surface area contributed by atoms with Gasteiger partial charge in [-0.3, -0.25) is 0 Å². The number of H-pyrrole nitrogens is 1. The Morgan fingerprint density at radius 2 is 1.83 bits per heavy atom. The lowest BCUT2D eigenvalue weighted by Gasteiger charge is -2.51. The molecule has 1 aliphatic carbocycles. The van der Waals surface area contributed by atoms with Crippen LogP contribution < -0.4 is 0 Å². The largest absolute Gasteiger partial charge is 0.385 e. The highest BCUT2D eigenvalue weighted by Crippen LogP contribution is 2.58. The first-order valence-electron chi connectivity index (χ1n) is 10.7. The Bertz CT molecular complexity index is 1010. The van der Waals surface area contributed by atoms with E-state index >= 15 is 0 Å². The molecule has 152 valence electrons. The molecule has 0 bridgehead atoms. The Morgan fingerprint density at radius 3 is 2.62 bits per heavy atom. The number of nitrogens with zero attached hydrogens (tertiary/aromatic N) is 1. The molecule has 3 nitrogen and oxygen atoms in total. The second-order valence-corrected chi connectivity index (χ2v) is 10.5. The van der Waals surface area contributed by atoms with Crippen LogP contribution in [0.2, 0.25) is 0 Å². The van der Waals surface area contributed by atoms with E-state index in [1.807, 2.05) is 6.07 Å². The van der Waals surface area contributed by atoms with Crippen molar-refractivity contribution in [1.29, 1.82) is 0 Å². The Labute approximate surface area is 177 Å². The Kier molecular flexibility index (Phi) is 4.77. The maximum Gasteiger partial charge on any atom is 0.0938 e. The highest BCUT2D eigenvalue weighted by Gasteiger charge is 2.52. The first-order valence-corrected chi connectivity index (χ1v) is 11.7. The number of thioether (sulfide) groups is 1. The quantitative estimate of drug-likeness (QED) is 0.650. The summed E-state index contributed by atoms with van der Waals surface area (Å²) < 4.78 is 0.0777. The molecule has 1 aromatic heterocycles. The van der Waals surface area contributed by atoms with Gasteiger partial charge >= 0.3 is 0 Å². The van der Waals surface area contributed by atoms with E-state index in [1.54, 1.807) is 0 Å². The number of aryl methyl sites for hydroxylation is 1. The summed E-state index contributed by atoms with van der Waals surface area (Å²) in [6.07, 6.45) is 3.94. The predicted molar refractivity (Wildman–Crippen MR) is 122 cm³/mol. The van der Waals surface area contributed by atoms with Gasteiger partial charge in [0.25, 0.3) is 0 Å². The molecule has 3 aromatic rings. The number of nitrogens with one attached hydrogen (secondary N) is 1. The van der Waals surface area contributed by atoms with Crippen molar-refractivity contribution in [2.24, 2.45) is 5.92 Å². The normalized spacial score (nSPS) is 29.4. The number of rotatable bonds is 3. The zero-order valence-corrected chi connectivity index (χ0v) is 18.1. The number of aromatic amines is 1. The molecule has 2 heterocycles. The molecule has 1 saturated carbocycles. The summed E-state index contributed by atoms with van der Waals surface area (Å²) in [4.78, 5) is 6.03. The molecule has 3 unspecified atom stereocenters. The minimum absolute atomic E-state index is 0.0777. The first kappa shape index (κ1) is 19.2. The average molecular weight is 407 g/mol. The van der Waals surface area contributed by atoms with Crippen molar-refractivity contribution in [2.45, 2.75) is 36.0 Å². The third-order valence-corrected chi connectivity index (χ3v) is 8.56. The van der Waals surface area contributed by atoms with Gasteiger partial charge in [0, 0.05) is 29.1 Å². The molecule has 1 spiro atoms. The van der Waals surface area contributed by atoms with E-state index < -0.39 is 5.60 Å². The van der Waals surface area contributed by atoms with Gasteiger partial charge in [-0.1, -0.05) is 48.5 Å². The van der Waals surface area contributed by atoms with Crippen LogP contribution in [-0.4, -0.2) is 41.4 Å². The van der Waals surface area contributed by atoms with Crippen LogP contribution in [0.3, 0.4) is 0 Å². The van der Waals surface area contributed by atoms with Gasteiger partial charge in [0.1, 0.15) is 0 Å². The second-order valence-electron chi connectivity index (χ2n) is 9.07. The number of fused-ring (bicyclic) bond motifs is 4. The highest BCUT2D eigenvalue weighted by molar-refractivity contribution is 8.00. The number of hydrogen-bond acceptors (Lipinski definition) is 3. The van der Waals surface area contributed by atoms with Gasteiger partial charge < -0.3 is 15.0 Å². The summed E-state index contributed by atoms with van der Waals surface area (Å²) in [6.45, 7) is 0.892. The molecule has 1 aliphatic heterocycles. The van der Waals surface area contributed by atoms with Crippen molar-refractivity contribution in [1.82, 2.24) is 9.88 Å². The van der Waals surface area contributed by atoms with Gasteiger partial charge in [-0.25, -0.2) is 0 Å².